The second-order valence-electron chi connectivity index (χ2n) is 21.3. The van der Waals surface area contributed by atoms with Gasteiger partial charge >= 0.3 is 11.9 Å². The molecule has 1 aliphatic heterocycles. The molecule has 0 spiro atoms. The third-order valence-electron chi connectivity index (χ3n) is 13.1. The van der Waals surface area contributed by atoms with Gasteiger partial charge in [0.1, 0.15) is 48.3 Å². The van der Waals surface area contributed by atoms with E-state index in [2.05, 4.69) is 51.1 Å². The van der Waals surface area contributed by atoms with Gasteiger partial charge < -0.3 is 72.8 Å². The van der Waals surface area contributed by atoms with Crippen LogP contribution >= 0.6 is 0 Å². The van der Waals surface area contributed by atoms with Gasteiger partial charge in [-0.2, -0.15) is 0 Å². The summed E-state index contributed by atoms with van der Waals surface area (Å²) < 4.78 is 0. The lowest BCUT2D eigenvalue weighted by Crippen LogP contribution is -2.61. The van der Waals surface area contributed by atoms with Crippen molar-refractivity contribution < 1.29 is 78.6 Å². The number of rotatable bonds is 34. The number of carbonyl (C=O) groups is 10. The minimum atomic E-state index is -1.77. The van der Waals surface area contributed by atoms with Crippen LogP contribution in [0.2, 0.25) is 0 Å². The van der Waals surface area contributed by atoms with Gasteiger partial charge in [0.15, 0.2) is 0 Å². The van der Waals surface area contributed by atoms with Crippen molar-refractivity contribution in [3.63, 3.8) is 0 Å². The van der Waals surface area contributed by atoms with Crippen LogP contribution in [0.5, 0.6) is 0 Å². The van der Waals surface area contributed by atoms with Crippen molar-refractivity contribution in [1.29, 1.82) is 0 Å². The van der Waals surface area contributed by atoms with Gasteiger partial charge in [0.05, 0.1) is 38.3 Å². The topological polar surface area (TPSA) is 380 Å². The number of benzene rings is 2. The third-order valence-corrected chi connectivity index (χ3v) is 13.1. The van der Waals surface area contributed by atoms with Crippen LogP contribution in [0, 0.1) is 17.8 Å². The molecule has 2 aromatic rings. The van der Waals surface area contributed by atoms with Crippen LogP contribution in [0.25, 0.3) is 0 Å². The number of nitrogens with zero attached hydrogens (tertiary/aromatic N) is 1. The highest BCUT2D eigenvalue weighted by Crippen LogP contribution is 2.22. The Kier molecular flexibility index (Phi) is 28.0. The number of hydrogen-bond donors (Lipinski definition) is 13. The molecule has 0 radical (unpaired) electrons. The molecule has 1 saturated heterocycles. The number of aliphatic hydroxyl groups is 4. The molecule has 1 aliphatic rings. The molecule has 3 rings (SSSR count). The van der Waals surface area contributed by atoms with E-state index in [4.69, 9.17) is 0 Å². The van der Waals surface area contributed by atoms with E-state index in [1.807, 2.05) is 0 Å². The van der Waals surface area contributed by atoms with Crippen LogP contribution < -0.4 is 37.2 Å². The number of aliphatic hydroxyl groups excluding tert-OH is 4. The highest BCUT2D eigenvalue weighted by atomic mass is 16.4. The first-order valence-corrected chi connectivity index (χ1v) is 26.9. The van der Waals surface area contributed by atoms with Crippen LogP contribution in [0.4, 0.5) is 0 Å². The van der Waals surface area contributed by atoms with Gasteiger partial charge in [0, 0.05) is 25.8 Å². The highest BCUT2D eigenvalue weighted by Gasteiger charge is 2.44. The molecule has 1 fully saturated rings. The minimum Gasteiger partial charge on any atom is -0.481 e. The lowest BCUT2D eigenvalue weighted by atomic mass is 10.0. The first-order chi connectivity index (χ1) is 37.3. The van der Waals surface area contributed by atoms with Crippen molar-refractivity contribution in [2.24, 2.45) is 17.8 Å². The zero-order chi connectivity index (χ0) is 58.9. The minimum absolute atomic E-state index is 0.0362. The third kappa shape index (κ3) is 23.1. The number of carbonyl (C=O) groups excluding carboxylic acids is 8. The number of likely N-dealkylation sites (tertiary alicyclic amines) is 1. The smallest absolute Gasteiger partial charge is 0.326 e. The summed E-state index contributed by atoms with van der Waals surface area (Å²) in [5, 5.41) is 78.4. The van der Waals surface area contributed by atoms with E-state index in [-0.39, 0.29) is 31.6 Å². The molecule has 10 atom stereocenters. The zero-order valence-electron chi connectivity index (χ0n) is 45.9. The van der Waals surface area contributed by atoms with Gasteiger partial charge in [0.25, 0.3) is 0 Å². The molecule has 438 valence electrons. The van der Waals surface area contributed by atoms with Gasteiger partial charge in [-0.1, -0.05) is 128 Å². The number of aliphatic carboxylic acids is 2. The molecule has 0 bridgehead atoms. The largest absolute Gasteiger partial charge is 0.481 e. The fraction of sp³-hybridized carbons (Fsp3) is 0.600. The summed E-state index contributed by atoms with van der Waals surface area (Å²) in [6.07, 6.45) is -0.455. The summed E-state index contributed by atoms with van der Waals surface area (Å²) in [7, 11) is 0. The van der Waals surface area contributed by atoms with Gasteiger partial charge in [0.2, 0.25) is 47.3 Å². The van der Waals surface area contributed by atoms with Crippen LogP contribution in [0.1, 0.15) is 110 Å². The second kappa shape index (κ2) is 33.4. The van der Waals surface area contributed by atoms with E-state index in [1.165, 1.54) is 0 Å². The molecule has 8 amide bonds. The fourth-order valence-corrected chi connectivity index (χ4v) is 8.87. The number of β-amino-alcohol motifs (C(OH)–C–C–N with tert-alkyl or cyclic N) is 1. The van der Waals surface area contributed by atoms with Crippen molar-refractivity contribution in [2.45, 2.75) is 173 Å². The molecule has 13 N–H and O–H groups in total. The molecule has 79 heavy (non-hydrogen) atoms. The van der Waals surface area contributed by atoms with E-state index < -0.39 is 158 Å². The van der Waals surface area contributed by atoms with Crippen LogP contribution in [0.15, 0.2) is 60.7 Å². The molecule has 1 heterocycles. The lowest BCUT2D eigenvalue weighted by Gasteiger charge is -2.32. The first kappa shape index (κ1) is 66.3. The van der Waals surface area contributed by atoms with E-state index in [0.717, 1.165) is 24.2 Å². The van der Waals surface area contributed by atoms with Gasteiger partial charge in [-0.05, 0) is 41.7 Å². The average molecular weight is 1110 g/mol. The molecule has 0 aromatic heterocycles. The van der Waals surface area contributed by atoms with Crippen LogP contribution in [0.3, 0.4) is 0 Å². The Hall–Kier alpha value is -7.02. The summed E-state index contributed by atoms with van der Waals surface area (Å²) in [5.74, 6) is -10.9. The summed E-state index contributed by atoms with van der Waals surface area (Å²) in [5.41, 5.74) is 1.14. The molecular formula is C55H82N8O16. The normalized spacial score (nSPS) is 17.3. The number of unbranched alkanes of at least 4 members (excludes halogenated alkanes) is 2. The van der Waals surface area contributed by atoms with Crippen molar-refractivity contribution in [3.05, 3.63) is 71.8 Å². The summed E-state index contributed by atoms with van der Waals surface area (Å²) in [6, 6.07) is 4.49. The SMILES string of the molecule is CC(C)CCCCC[C@H](O)CC(=O)N[C@H](CC(=O)O)C(=O)N[C@H](Cc1ccccc1)C(=O)N[C@@H](CO)C(=O)N[C@@H](C(=O)N1C[C@H](O)C[C@H]1C(=O)N[C@@H](CO)C(=O)N[C@H](CC(C)C)C(=O)N[C@@H](Cc1ccccc1)C(=O)O)C(C)C. The predicted octanol–water partition coefficient (Wildman–Crippen LogP) is -0.569. The molecule has 0 saturated carbocycles. The Morgan fingerprint density at radius 2 is 1.04 bits per heavy atom. The van der Waals surface area contributed by atoms with Gasteiger partial charge in [-0.3, -0.25) is 43.2 Å². The van der Waals surface area contributed by atoms with E-state index in [9.17, 15) is 78.6 Å². The quantitative estimate of drug-likeness (QED) is 0.0390. The van der Waals surface area contributed by atoms with Crippen molar-refractivity contribution in [1.82, 2.24) is 42.1 Å². The summed E-state index contributed by atoms with van der Waals surface area (Å²) >= 11 is 0. The van der Waals surface area contributed by atoms with Crippen LogP contribution in [-0.2, 0) is 60.8 Å². The van der Waals surface area contributed by atoms with Crippen molar-refractivity contribution in [3.8, 4) is 0 Å². The number of hydrogen-bond acceptors (Lipinski definition) is 14. The Morgan fingerprint density at radius 1 is 0.557 bits per heavy atom. The maximum atomic E-state index is 14.3. The van der Waals surface area contributed by atoms with Crippen LogP contribution in [-0.4, -0.2) is 175 Å². The summed E-state index contributed by atoms with van der Waals surface area (Å²) in [6.45, 7) is 8.36. The molecule has 24 nitrogen and oxygen atoms in total. The molecule has 0 unspecified atom stereocenters. The van der Waals surface area contributed by atoms with Crippen molar-refractivity contribution >= 4 is 59.2 Å². The van der Waals surface area contributed by atoms with Gasteiger partial charge in [-0.25, -0.2) is 4.79 Å². The molecular weight excluding hydrogens is 1030 g/mol. The molecule has 2 aromatic carbocycles. The Balaban J connectivity index is 1.75. The molecule has 24 heteroatoms. The average Bonchev–Trinajstić information content (AvgIpc) is 3.80. The Bertz CT molecular complexity index is 2340. The maximum absolute atomic E-state index is 14.3. The van der Waals surface area contributed by atoms with Gasteiger partial charge in [-0.15, -0.1) is 0 Å². The monoisotopic (exact) mass is 1110 g/mol. The lowest BCUT2D eigenvalue weighted by molar-refractivity contribution is -0.144. The highest BCUT2D eigenvalue weighted by molar-refractivity contribution is 5.99. The second-order valence-corrected chi connectivity index (χ2v) is 21.3. The van der Waals surface area contributed by atoms with E-state index >= 15 is 0 Å². The number of carboxylic acid groups (broad SMARTS) is 2. The Labute approximate surface area is 460 Å². The summed E-state index contributed by atoms with van der Waals surface area (Å²) in [4.78, 5) is 135. The van der Waals surface area contributed by atoms with Crippen molar-refractivity contribution in [2.75, 3.05) is 19.8 Å². The molecule has 0 aliphatic carbocycles. The zero-order valence-corrected chi connectivity index (χ0v) is 45.9. The fourth-order valence-electron chi connectivity index (χ4n) is 8.87. The Morgan fingerprint density at radius 3 is 1.57 bits per heavy atom. The number of carboxylic acids is 2. The standard InChI is InChI=1S/C55H82N8O16/c1-31(2)16-10-7-15-21-36(66)26-45(68)56-40(27-46(69)70)50(73)58-39(23-34-17-11-8-12-18-34)49(72)60-43(30-65)52(75)62-47(33(5)6)54(77)63-28-37(67)25-44(63)53(76)61-42(29-64)51(74)57-38(22-32(3)4)48(71)59-41(55(78)79)24-35-19-13-9-14-20-35/h8-9,11-14,17-20,31-33,36-44,47,64-67H,7,10,15-16,21-30H2,1-6H3,(H,56,68)(H,57,74)(H,58,73)(H,59,71)(H,60,72)(H,61,76)(H,62,75)(H,69,70)(H,78,79)/t36-,37+,38+,39+,40+,41-,42-,43-,44-,47+/m0/s1. The maximum Gasteiger partial charge on any atom is 0.326 e. The number of nitrogens with one attached hydrogen (secondary N) is 7. The van der Waals surface area contributed by atoms with E-state index in [0.29, 0.717) is 29.9 Å². The first-order valence-electron chi connectivity index (χ1n) is 26.9. The van der Waals surface area contributed by atoms with E-state index in [1.54, 1.807) is 88.4 Å². The predicted molar refractivity (Wildman–Crippen MR) is 287 cm³/mol. The number of amides is 8.